The van der Waals surface area contributed by atoms with Crippen LogP contribution in [0.2, 0.25) is 0 Å². The van der Waals surface area contributed by atoms with E-state index >= 15 is 0 Å². The maximum atomic E-state index is 11.5. The molecule has 1 N–H and O–H groups in total. The van der Waals surface area contributed by atoms with E-state index < -0.39 is 9.84 Å². The van der Waals surface area contributed by atoms with E-state index in [2.05, 4.69) is 60.2 Å². The number of nitrogens with zero attached hydrogens (tertiary/aromatic N) is 2. The molecule has 1 fully saturated rings. The molecule has 0 aliphatic carbocycles. The topological polar surface area (TPSA) is 62.3 Å². The fourth-order valence-corrected chi connectivity index (χ4v) is 4.82. The van der Waals surface area contributed by atoms with Crippen LogP contribution in [0.3, 0.4) is 0 Å². The number of aromatic nitrogens is 1. The summed E-state index contributed by atoms with van der Waals surface area (Å²) in [5.41, 5.74) is 2.20. The largest absolute Gasteiger partial charge is 0.369 e. The Morgan fingerprint density at radius 1 is 1.12 bits per heavy atom. The second-order valence-electron chi connectivity index (χ2n) is 7.09. The zero-order chi connectivity index (χ0) is 17.4. The average molecular weight is 366 g/mol. The Kier molecular flexibility index (Phi) is 4.57. The van der Waals surface area contributed by atoms with Gasteiger partial charge in [-0.25, -0.2) is 13.4 Å². The van der Waals surface area contributed by atoms with Crippen molar-refractivity contribution in [2.75, 3.05) is 34.8 Å². The maximum Gasteiger partial charge on any atom is 0.183 e. The first-order valence-electron chi connectivity index (χ1n) is 8.02. The molecule has 2 aromatic rings. The van der Waals surface area contributed by atoms with Gasteiger partial charge in [-0.05, 0) is 38.5 Å². The molecule has 1 aliphatic heterocycles. The van der Waals surface area contributed by atoms with Crippen molar-refractivity contribution in [1.29, 1.82) is 0 Å². The minimum absolute atomic E-state index is 0.00637. The fraction of sp³-hybridized carbons (Fsp3) is 0.471. The number of hydrogen-bond donors (Lipinski definition) is 1. The van der Waals surface area contributed by atoms with Crippen LogP contribution in [0.25, 0.3) is 10.4 Å². The van der Waals surface area contributed by atoms with Gasteiger partial charge in [0.15, 0.2) is 15.0 Å². The van der Waals surface area contributed by atoms with Crippen molar-refractivity contribution in [2.45, 2.75) is 26.3 Å². The van der Waals surface area contributed by atoms with E-state index in [0.717, 1.165) is 21.3 Å². The summed E-state index contributed by atoms with van der Waals surface area (Å²) in [6.07, 6.45) is 1.89. The lowest BCUT2D eigenvalue weighted by Crippen LogP contribution is -2.40. The fourth-order valence-electron chi connectivity index (χ4n) is 2.59. The van der Waals surface area contributed by atoms with Gasteiger partial charge >= 0.3 is 0 Å². The molecule has 1 saturated heterocycles. The molecule has 0 amide bonds. The number of sulfone groups is 1. The van der Waals surface area contributed by atoms with Crippen LogP contribution in [0.4, 0.5) is 10.8 Å². The van der Waals surface area contributed by atoms with Gasteiger partial charge in [-0.3, -0.25) is 0 Å². The SMILES string of the molecule is CC(C)(C)Nc1ncc(-c2ccc(N3CCS(=O)(=O)CC3)cc2)s1. The van der Waals surface area contributed by atoms with Crippen LogP contribution in [-0.4, -0.2) is 43.5 Å². The number of anilines is 2. The summed E-state index contributed by atoms with van der Waals surface area (Å²) in [6, 6.07) is 8.27. The Hall–Kier alpha value is -1.60. The molecular weight excluding hydrogens is 342 g/mol. The highest BCUT2D eigenvalue weighted by molar-refractivity contribution is 7.91. The molecule has 1 aromatic carbocycles. The normalized spacial score (nSPS) is 17.7. The van der Waals surface area contributed by atoms with Gasteiger partial charge in [0.25, 0.3) is 0 Å². The van der Waals surface area contributed by atoms with Gasteiger partial charge < -0.3 is 10.2 Å². The quantitative estimate of drug-likeness (QED) is 0.905. The lowest BCUT2D eigenvalue weighted by molar-refractivity contribution is 0.587. The van der Waals surface area contributed by atoms with Gasteiger partial charge in [0, 0.05) is 30.5 Å². The number of rotatable bonds is 3. The van der Waals surface area contributed by atoms with E-state index in [1.54, 1.807) is 11.3 Å². The summed E-state index contributed by atoms with van der Waals surface area (Å²) in [4.78, 5) is 7.69. The molecule has 3 rings (SSSR count). The Morgan fingerprint density at radius 3 is 2.33 bits per heavy atom. The van der Waals surface area contributed by atoms with Crippen LogP contribution < -0.4 is 10.2 Å². The summed E-state index contributed by atoms with van der Waals surface area (Å²) in [5.74, 6) is 0.483. The second-order valence-corrected chi connectivity index (χ2v) is 10.4. The van der Waals surface area contributed by atoms with Crippen molar-refractivity contribution in [3.05, 3.63) is 30.5 Å². The Labute approximate surface area is 147 Å². The van der Waals surface area contributed by atoms with Crippen molar-refractivity contribution in [1.82, 2.24) is 4.98 Å². The van der Waals surface area contributed by atoms with Gasteiger partial charge in [-0.1, -0.05) is 23.5 Å². The number of nitrogens with one attached hydrogen (secondary N) is 1. The van der Waals surface area contributed by atoms with E-state index in [1.165, 1.54) is 0 Å². The predicted octanol–water partition coefficient (Wildman–Crippen LogP) is 3.26. The summed E-state index contributed by atoms with van der Waals surface area (Å²) < 4.78 is 23.1. The van der Waals surface area contributed by atoms with Crippen molar-refractivity contribution in [2.24, 2.45) is 0 Å². The Bertz CT molecular complexity index is 791. The summed E-state index contributed by atoms with van der Waals surface area (Å²) in [5, 5.41) is 4.30. The highest BCUT2D eigenvalue weighted by Gasteiger charge is 2.21. The third-order valence-electron chi connectivity index (χ3n) is 3.85. The standard InChI is InChI=1S/C17H23N3O2S2/c1-17(2,3)19-16-18-12-15(23-16)13-4-6-14(7-5-13)20-8-10-24(21,22)11-9-20/h4-7,12H,8-11H2,1-3H3,(H,18,19). The molecule has 0 saturated carbocycles. The molecule has 7 heteroatoms. The highest BCUT2D eigenvalue weighted by Crippen LogP contribution is 2.31. The van der Waals surface area contributed by atoms with Crippen LogP contribution in [0.15, 0.2) is 30.5 Å². The van der Waals surface area contributed by atoms with Crippen molar-refractivity contribution < 1.29 is 8.42 Å². The smallest absolute Gasteiger partial charge is 0.183 e. The third kappa shape index (κ3) is 4.27. The average Bonchev–Trinajstić information content (AvgIpc) is 2.94. The van der Waals surface area contributed by atoms with Gasteiger partial charge in [-0.15, -0.1) is 0 Å². The molecule has 0 atom stereocenters. The molecule has 1 aliphatic rings. The van der Waals surface area contributed by atoms with Crippen LogP contribution in [0.5, 0.6) is 0 Å². The summed E-state index contributed by atoms with van der Waals surface area (Å²) >= 11 is 1.64. The molecule has 1 aromatic heterocycles. The summed E-state index contributed by atoms with van der Waals surface area (Å²) in [7, 11) is -2.84. The summed E-state index contributed by atoms with van der Waals surface area (Å²) in [6.45, 7) is 7.48. The number of benzene rings is 1. The molecule has 130 valence electrons. The van der Waals surface area contributed by atoms with Crippen LogP contribution in [0.1, 0.15) is 20.8 Å². The second kappa shape index (κ2) is 6.37. The lowest BCUT2D eigenvalue weighted by atomic mass is 10.1. The van der Waals surface area contributed by atoms with Crippen molar-refractivity contribution in [3.63, 3.8) is 0 Å². The third-order valence-corrected chi connectivity index (χ3v) is 6.42. The molecule has 2 heterocycles. The monoisotopic (exact) mass is 365 g/mol. The molecule has 0 bridgehead atoms. The van der Waals surface area contributed by atoms with E-state index in [1.807, 2.05) is 6.20 Å². The minimum atomic E-state index is -2.84. The minimum Gasteiger partial charge on any atom is -0.369 e. The predicted molar refractivity (Wildman–Crippen MR) is 102 cm³/mol. The molecule has 24 heavy (non-hydrogen) atoms. The van der Waals surface area contributed by atoms with Crippen LogP contribution >= 0.6 is 11.3 Å². The van der Waals surface area contributed by atoms with Crippen LogP contribution in [0, 0.1) is 0 Å². The van der Waals surface area contributed by atoms with E-state index in [-0.39, 0.29) is 17.0 Å². The van der Waals surface area contributed by atoms with Gasteiger partial charge in [0.2, 0.25) is 0 Å². The van der Waals surface area contributed by atoms with E-state index in [4.69, 9.17) is 0 Å². The molecule has 0 spiro atoms. The molecular formula is C17H23N3O2S2. The Morgan fingerprint density at radius 2 is 1.75 bits per heavy atom. The first-order chi connectivity index (χ1) is 11.2. The van der Waals surface area contributed by atoms with Crippen LogP contribution in [-0.2, 0) is 9.84 Å². The van der Waals surface area contributed by atoms with Gasteiger partial charge in [-0.2, -0.15) is 0 Å². The molecule has 0 radical (unpaired) electrons. The highest BCUT2D eigenvalue weighted by atomic mass is 32.2. The van der Waals surface area contributed by atoms with E-state index in [0.29, 0.717) is 13.1 Å². The van der Waals surface area contributed by atoms with Gasteiger partial charge in [0.1, 0.15) is 0 Å². The number of hydrogen-bond acceptors (Lipinski definition) is 6. The maximum absolute atomic E-state index is 11.5. The van der Waals surface area contributed by atoms with E-state index in [9.17, 15) is 8.42 Å². The molecule has 0 unspecified atom stereocenters. The zero-order valence-electron chi connectivity index (χ0n) is 14.2. The lowest BCUT2D eigenvalue weighted by Gasteiger charge is -2.28. The number of thiazole rings is 1. The van der Waals surface area contributed by atoms with Crippen molar-refractivity contribution >= 4 is 32.0 Å². The first kappa shape index (κ1) is 17.2. The first-order valence-corrected chi connectivity index (χ1v) is 10.7. The Balaban J connectivity index is 1.71. The van der Waals surface area contributed by atoms with Gasteiger partial charge in [0.05, 0.1) is 16.4 Å². The molecule has 5 nitrogen and oxygen atoms in total. The van der Waals surface area contributed by atoms with Crippen molar-refractivity contribution in [3.8, 4) is 10.4 Å². The zero-order valence-corrected chi connectivity index (χ0v) is 15.9.